The molecule has 1 atom stereocenters. The number of pyridine rings is 1. The van der Waals surface area contributed by atoms with Crippen LogP contribution in [0.1, 0.15) is 23.8 Å². The number of carbonyl (C=O) groups is 1. The predicted molar refractivity (Wildman–Crippen MR) is 98.6 cm³/mol. The zero-order valence-electron chi connectivity index (χ0n) is 14.7. The van der Waals surface area contributed by atoms with Gasteiger partial charge in [0.15, 0.2) is 9.84 Å². The third kappa shape index (κ3) is 4.41. The lowest BCUT2D eigenvalue weighted by atomic mass is 10.2. The number of anilines is 2. The summed E-state index contributed by atoms with van der Waals surface area (Å²) in [5.41, 5.74) is 0.567. The van der Waals surface area contributed by atoms with E-state index >= 15 is 0 Å². The van der Waals surface area contributed by atoms with E-state index in [0.717, 1.165) is 12.1 Å². The third-order valence-corrected chi connectivity index (χ3v) is 6.23. The van der Waals surface area contributed by atoms with Crippen molar-refractivity contribution in [3.8, 4) is 0 Å². The fourth-order valence-corrected chi connectivity index (χ4v) is 4.90. The molecule has 1 saturated heterocycles. The highest BCUT2D eigenvalue weighted by molar-refractivity contribution is 7.91. The smallest absolute Gasteiger partial charge is 0.274 e. The lowest BCUT2D eigenvalue weighted by molar-refractivity contribution is 0.102. The fourth-order valence-electron chi connectivity index (χ4n) is 3.17. The first-order valence-corrected chi connectivity index (χ1v) is 10.3. The number of hydrogen-bond acceptors (Lipinski definition) is 5. The Labute approximate surface area is 156 Å². The SMILES string of the molecule is CCN(c1ccnc(C(=O)Nc2ccc(F)cc2F)c1)C1CCS(=O)(=O)C1. The fraction of sp³-hybridized carbons (Fsp3) is 0.333. The molecule has 0 bridgehead atoms. The number of halogens is 2. The van der Waals surface area contributed by atoms with E-state index < -0.39 is 27.4 Å². The molecule has 1 aliphatic rings. The first kappa shape index (κ1) is 19.2. The summed E-state index contributed by atoms with van der Waals surface area (Å²) in [4.78, 5) is 18.3. The van der Waals surface area contributed by atoms with E-state index in [4.69, 9.17) is 0 Å². The van der Waals surface area contributed by atoms with Gasteiger partial charge in [-0.2, -0.15) is 0 Å². The van der Waals surface area contributed by atoms with Gasteiger partial charge in [-0.1, -0.05) is 0 Å². The van der Waals surface area contributed by atoms with Crippen LogP contribution in [0, 0.1) is 11.6 Å². The molecule has 1 fully saturated rings. The molecule has 1 unspecified atom stereocenters. The highest BCUT2D eigenvalue weighted by Crippen LogP contribution is 2.25. The molecule has 0 aliphatic carbocycles. The Morgan fingerprint density at radius 2 is 2.07 bits per heavy atom. The van der Waals surface area contributed by atoms with E-state index in [9.17, 15) is 22.0 Å². The normalized spacial score (nSPS) is 18.3. The lowest BCUT2D eigenvalue weighted by Crippen LogP contribution is -2.36. The highest BCUT2D eigenvalue weighted by atomic mass is 32.2. The van der Waals surface area contributed by atoms with Gasteiger partial charge >= 0.3 is 0 Å². The van der Waals surface area contributed by atoms with Gasteiger partial charge in [-0.15, -0.1) is 0 Å². The Morgan fingerprint density at radius 3 is 2.70 bits per heavy atom. The van der Waals surface area contributed by atoms with Crippen molar-refractivity contribution in [3.05, 3.63) is 53.9 Å². The molecular weight excluding hydrogens is 376 g/mol. The van der Waals surface area contributed by atoms with Gasteiger partial charge in [0.2, 0.25) is 0 Å². The average Bonchev–Trinajstić information content (AvgIpc) is 2.98. The van der Waals surface area contributed by atoms with E-state index in [2.05, 4.69) is 10.3 Å². The Kier molecular flexibility index (Phi) is 5.41. The minimum absolute atomic E-state index is 0.0514. The van der Waals surface area contributed by atoms with E-state index in [0.29, 0.717) is 24.7 Å². The average molecular weight is 395 g/mol. The Hall–Kier alpha value is -2.55. The molecule has 1 N–H and O–H groups in total. The van der Waals surface area contributed by atoms with E-state index in [1.807, 2.05) is 11.8 Å². The zero-order chi connectivity index (χ0) is 19.6. The van der Waals surface area contributed by atoms with Crippen LogP contribution in [0.4, 0.5) is 20.2 Å². The first-order valence-electron chi connectivity index (χ1n) is 8.48. The number of carbonyl (C=O) groups excluding carboxylic acids is 1. The van der Waals surface area contributed by atoms with Crippen LogP contribution in [-0.2, 0) is 9.84 Å². The summed E-state index contributed by atoms with van der Waals surface area (Å²) in [5.74, 6) is -2.04. The van der Waals surface area contributed by atoms with E-state index in [1.54, 1.807) is 6.07 Å². The summed E-state index contributed by atoms with van der Waals surface area (Å²) in [6, 6.07) is 5.93. The zero-order valence-corrected chi connectivity index (χ0v) is 15.5. The Balaban J connectivity index is 1.80. The van der Waals surface area contributed by atoms with Crippen LogP contribution >= 0.6 is 0 Å². The molecule has 0 saturated carbocycles. The van der Waals surface area contributed by atoms with Gasteiger partial charge in [0.1, 0.15) is 17.3 Å². The number of sulfone groups is 1. The van der Waals surface area contributed by atoms with Crippen molar-refractivity contribution in [3.63, 3.8) is 0 Å². The van der Waals surface area contributed by atoms with Crippen LogP contribution in [0.3, 0.4) is 0 Å². The molecule has 6 nitrogen and oxygen atoms in total. The number of aromatic nitrogens is 1. The van der Waals surface area contributed by atoms with Crippen LogP contribution in [0.15, 0.2) is 36.5 Å². The molecule has 0 spiro atoms. The van der Waals surface area contributed by atoms with Crippen LogP contribution in [0.25, 0.3) is 0 Å². The van der Waals surface area contributed by atoms with Crippen molar-refractivity contribution in [1.82, 2.24) is 4.98 Å². The highest BCUT2D eigenvalue weighted by Gasteiger charge is 2.32. The summed E-state index contributed by atoms with van der Waals surface area (Å²) < 4.78 is 50.2. The van der Waals surface area contributed by atoms with Crippen molar-refractivity contribution in [2.45, 2.75) is 19.4 Å². The molecule has 2 heterocycles. The van der Waals surface area contributed by atoms with Crippen molar-refractivity contribution < 1.29 is 22.0 Å². The number of rotatable bonds is 5. The number of amides is 1. The quantitative estimate of drug-likeness (QED) is 0.842. The van der Waals surface area contributed by atoms with Crippen LogP contribution in [-0.4, -0.2) is 43.4 Å². The largest absolute Gasteiger partial charge is 0.368 e. The van der Waals surface area contributed by atoms with Gasteiger partial charge in [0, 0.05) is 30.5 Å². The molecular formula is C18H19F2N3O3S. The van der Waals surface area contributed by atoms with Gasteiger partial charge in [0.05, 0.1) is 17.2 Å². The number of nitrogens with one attached hydrogen (secondary N) is 1. The number of benzene rings is 1. The summed E-state index contributed by atoms with van der Waals surface area (Å²) in [5, 5.41) is 2.36. The van der Waals surface area contributed by atoms with Gasteiger partial charge in [-0.05, 0) is 37.6 Å². The molecule has 3 rings (SSSR count). The monoisotopic (exact) mass is 395 g/mol. The van der Waals surface area contributed by atoms with E-state index in [-0.39, 0.29) is 28.9 Å². The van der Waals surface area contributed by atoms with Gasteiger partial charge in [-0.25, -0.2) is 17.2 Å². The third-order valence-electron chi connectivity index (χ3n) is 4.48. The van der Waals surface area contributed by atoms with Crippen molar-refractivity contribution >= 4 is 27.1 Å². The standard InChI is InChI=1S/C18H19F2N3O3S/c1-2-23(14-6-8-27(25,26)11-14)13-5-7-21-17(10-13)18(24)22-16-4-3-12(19)9-15(16)20/h3-5,7,9-10,14H,2,6,8,11H2,1H3,(H,22,24). The van der Waals surface area contributed by atoms with Crippen molar-refractivity contribution in [2.24, 2.45) is 0 Å². The molecule has 27 heavy (non-hydrogen) atoms. The molecule has 1 aromatic heterocycles. The summed E-state index contributed by atoms with van der Waals surface area (Å²) >= 11 is 0. The Morgan fingerprint density at radius 1 is 1.30 bits per heavy atom. The van der Waals surface area contributed by atoms with Crippen LogP contribution < -0.4 is 10.2 Å². The van der Waals surface area contributed by atoms with Gasteiger partial charge in [-0.3, -0.25) is 9.78 Å². The number of hydrogen-bond donors (Lipinski definition) is 1. The van der Waals surface area contributed by atoms with Crippen molar-refractivity contribution in [2.75, 3.05) is 28.3 Å². The summed E-state index contributed by atoms with van der Waals surface area (Å²) in [6.07, 6.45) is 1.97. The summed E-state index contributed by atoms with van der Waals surface area (Å²) in [6.45, 7) is 2.47. The molecule has 9 heteroatoms. The predicted octanol–water partition coefficient (Wildman–Crippen LogP) is 2.63. The Bertz CT molecular complexity index is 966. The molecule has 1 aliphatic heterocycles. The van der Waals surface area contributed by atoms with E-state index in [1.165, 1.54) is 12.3 Å². The molecule has 144 valence electrons. The molecule has 0 radical (unpaired) electrons. The minimum atomic E-state index is -3.04. The second-order valence-electron chi connectivity index (χ2n) is 6.32. The first-order chi connectivity index (χ1) is 12.8. The maximum atomic E-state index is 13.7. The number of nitrogens with zero attached hydrogens (tertiary/aromatic N) is 2. The van der Waals surface area contributed by atoms with Gasteiger partial charge < -0.3 is 10.2 Å². The minimum Gasteiger partial charge on any atom is -0.368 e. The molecule has 1 amide bonds. The maximum Gasteiger partial charge on any atom is 0.274 e. The molecule has 2 aromatic rings. The van der Waals surface area contributed by atoms with Crippen molar-refractivity contribution in [1.29, 1.82) is 0 Å². The van der Waals surface area contributed by atoms with Crippen LogP contribution in [0.2, 0.25) is 0 Å². The lowest BCUT2D eigenvalue weighted by Gasteiger charge is -2.29. The second kappa shape index (κ2) is 7.59. The molecule has 1 aromatic carbocycles. The summed E-state index contributed by atoms with van der Waals surface area (Å²) in [7, 11) is -3.04. The van der Waals surface area contributed by atoms with Gasteiger partial charge in [0.25, 0.3) is 5.91 Å². The van der Waals surface area contributed by atoms with Crippen LogP contribution in [0.5, 0.6) is 0 Å². The second-order valence-corrected chi connectivity index (χ2v) is 8.55. The maximum absolute atomic E-state index is 13.7. The topological polar surface area (TPSA) is 79.4 Å².